The van der Waals surface area contributed by atoms with Crippen LogP contribution in [-0.2, 0) is 16.1 Å². The van der Waals surface area contributed by atoms with Crippen molar-refractivity contribution < 1.29 is 14.6 Å². The molecule has 6 nitrogen and oxygen atoms in total. The minimum absolute atomic E-state index is 0.143. The van der Waals surface area contributed by atoms with Crippen molar-refractivity contribution in [2.45, 2.75) is 76.9 Å². The molecule has 0 aromatic carbocycles. The number of aromatic nitrogens is 3. The molecule has 1 heterocycles. The number of fused-ring (bicyclic) bond motifs is 5. The van der Waals surface area contributed by atoms with Gasteiger partial charge in [-0.25, -0.2) is 0 Å². The van der Waals surface area contributed by atoms with Crippen molar-refractivity contribution in [2.24, 2.45) is 40.9 Å². The summed E-state index contributed by atoms with van der Waals surface area (Å²) in [6.07, 6.45) is 13.4. The molecule has 4 aliphatic rings. The molecule has 3 unspecified atom stereocenters. The number of ketones is 1. The molecular formula is C24H37N3O3. The second-order valence-electron chi connectivity index (χ2n) is 11.0. The highest BCUT2D eigenvalue weighted by Gasteiger charge is 2.59. The van der Waals surface area contributed by atoms with Crippen LogP contribution in [0, 0.1) is 40.9 Å². The van der Waals surface area contributed by atoms with Crippen LogP contribution in [0.2, 0.25) is 0 Å². The van der Waals surface area contributed by atoms with Gasteiger partial charge in [-0.3, -0.25) is 4.79 Å². The molecule has 0 bridgehead atoms. The Morgan fingerprint density at radius 1 is 1.07 bits per heavy atom. The first-order valence-corrected chi connectivity index (χ1v) is 12.0. The summed E-state index contributed by atoms with van der Waals surface area (Å²) in [5.74, 6) is 4.12. The second kappa shape index (κ2) is 7.70. The van der Waals surface area contributed by atoms with E-state index >= 15 is 0 Å². The fraction of sp³-hybridized carbons (Fsp3) is 0.875. The fourth-order valence-electron chi connectivity index (χ4n) is 8.47. The maximum atomic E-state index is 13.2. The highest BCUT2D eigenvalue weighted by atomic mass is 16.5. The molecule has 1 aromatic rings. The van der Waals surface area contributed by atoms with E-state index in [4.69, 9.17) is 4.74 Å². The van der Waals surface area contributed by atoms with Crippen molar-refractivity contribution in [1.82, 2.24) is 15.0 Å². The molecule has 4 saturated carbocycles. The molecule has 6 heteroatoms. The van der Waals surface area contributed by atoms with Crippen LogP contribution in [0.15, 0.2) is 12.4 Å². The van der Waals surface area contributed by atoms with E-state index in [0.29, 0.717) is 30.8 Å². The van der Waals surface area contributed by atoms with Crippen LogP contribution in [-0.4, -0.2) is 45.2 Å². The van der Waals surface area contributed by atoms with E-state index in [2.05, 4.69) is 17.1 Å². The third-order valence-corrected chi connectivity index (χ3v) is 9.67. The van der Waals surface area contributed by atoms with E-state index in [9.17, 15) is 9.90 Å². The van der Waals surface area contributed by atoms with Gasteiger partial charge in [0, 0.05) is 13.0 Å². The number of methoxy groups -OCH3 is 1. The third kappa shape index (κ3) is 3.35. The van der Waals surface area contributed by atoms with Crippen LogP contribution in [0.25, 0.3) is 0 Å². The van der Waals surface area contributed by atoms with E-state index in [-0.39, 0.29) is 11.3 Å². The summed E-state index contributed by atoms with van der Waals surface area (Å²) >= 11 is 0. The Bertz CT molecular complexity index is 768. The molecule has 5 rings (SSSR count). The highest BCUT2D eigenvalue weighted by molar-refractivity contribution is 5.81. The lowest BCUT2D eigenvalue weighted by atomic mass is 9.49. The van der Waals surface area contributed by atoms with Gasteiger partial charge in [0.1, 0.15) is 6.54 Å². The second-order valence-corrected chi connectivity index (χ2v) is 11.0. The zero-order valence-electron chi connectivity index (χ0n) is 18.5. The van der Waals surface area contributed by atoms with Crippen LogP contribution in [0.4, 0.5) is 0 Å². The number of ether oxygens (including phenoxy) is 1. The van der Waals surface area contributed by atoms with Crippen molar-refractivity contribution in [2.75, 3.05) is 13.7 Å². The topological polar surface area (TPSA) is 77.2 Å². The first-order chi connectivity index (χ1) is 14.4. The first-order valence-electron chi connectivity index (χ1n) is 12.0. The summed E-state index contributed by atoms with van der Waals surface area (Å²) in [4.78, 5) is 14.7. The van der Waals surface area contributed by atoms with Crippen LogP contribution < -0.4 is 0 Å². The van der Waals surface area contributed by atoms with E-state index in [1.807, 2.05) is 0 Å². The minimum atomic E-state index is -0.614. The van der Waals surface area contributed by atoms with Gasteiger partial charge in [0.05, 0.1) is 24.6 Å². The van der Waals surface area contributed by atoms with Gasteiger partial charge in [0.15, 0.2) is 5.78 Å². The highest BCUT2D eigenvalue weighted by Crippen LogP contribution is 2.64. The number of nitrogens with zero attached hydrogens (tertiary/aromatic N) is 3. The summed E-state index contributed by atoms with van der Waals surface area (Å²) in [5, 5.41) is 19.2. The van der Waals surface area contributed by atoms with Crippen molar-refractivity contribution in [3.8, 4) is 0 Å². The molecule has 4 aliphatic carbocycles. The van der Waals surface area contributed by atoms with Gasteiger partial charge < -0.3 is 9.84 Å². The molecule has 0 saturated heterocycles. The van der Waals surface area contributed by atoms with E-state index in [1.54, 1.807) is 24.3 Å². The quantitative estimate of drug-likeness (QED) is 0.796. The third-order valence-electron chi connectivity index (χ3n) is 9.67. The van der Waals surface area contributed by atoms with Gasteiger partial charge in [-0.05, 0) is 92.8 Å². The van der Waals surface area contributed by atoms with Gasteiger partial charge in [-0.2, -0.15) is 15.0 Å². The van der Waals surface area contributed by atoms with Gasteiger partial charge in [-0.1, -0.05) is 6.92 Å². The number of hydrogen-bond acceptors (Lipinski definition) is 5. The number of carbonyl (C=O) groups is 1. The van der Waals surface area contributed by atoms with Crippen LogP contribution in [0.5, 0.6) is 0 Å². The van der Waals surface area contributed by atoms with E-state index in [0.717, 1.165) is 43.4 Å². The molecule has 0 aliphatic heterocycles. The van der Waals surface area contributed by atoms with Crippen LogP contribution >= 0.6 is 0 Å². The van der Waals surface area contributed by atoms with E-state index < -0.39 is 5.60 Å². The lowest BCUT2D eigenvalue weighted by molar-refractivity contribution is -0.137. The number of hydrogen-bond donors (Lipinski definition) is 1. The molecule has 166 valence electrons. The molecule has 0 radical (unpaired) electrons. The Labute approximate surface area is 179 Å². The average molecular weight is 416 g/mol. The predicted octanol–water partition coefficient (Wildman–Crippen LogP) is 3.49. The molecule has 0 spiro atoms. The molecule has 0 amide bonds. The Morgan fingerprint density at radius 3 is 2.60 bits per heavy atom. The largest absolute Gasteiger partial charge is 0.387 e. The van der Waals surface area contributed by atoms with Crippen LogP contribution in [0.3, 0.4) is 0 Å². The van der Waals surface area contributed by atoms with Gasteiger partial charge >= 0.3 is 0 Å². The lowest BCUT2D eigenvalue weighted by Crippen LogP contribution is -2.52. The van der Waals surface area contributed by atoms with E-state index in [1.165, 1.54) is 32.1 Å². The standard InChI is InChI=1S/C24H37N3O3/c1-23-9-7-18-17-8-10-24(29,15-30-2)13-16(17)3-4-19(18)20(23)5-6-21(23)22(28)14-27-25-11-12-26-27/h11-12,16-21,29H,3-10,13-15H2,1-2H3/t16-,17+,18?,19?,20?,21-,23+,24-/m1/s1. The fourth-order valence-corrected chi connectivity index (χ4v) is 8.47. The summed E-state index contributed by atoms with van der Waals surface area (Å²) in [5.41, 5.74) is -0.471. The Morgan fingerprint density at radius 2 is 1.83 bits per heavy atom. The maximum absolute atomic E-state index is 13.2. The van der Waals surface area contributed by atoms with Gasteiger partial charge in [0.2, 0.25) is 0 Å². The molecule has 1 aromatic heterocycles. The lowest BCUT2D eigenvalue weighted by Gasteiger charge is -2.57. The van der Waals surface area contributed by atoms with Crippen molar-refractivity contribution in [1.29, 1.82) is 0 Å². The summed E-state index contributed by atoms with van der Waals surface area (Å²) in [7, 11) is 1.70. The van der Waals surface area contributed by atoms with Crippen LogP contribution in [0.1, 0.15) is 64.7 Å². The number of Topliss-reactive ketones (excluding diaryl/α,β-unsaturated/α-hetero) is 1. The number of rotatable bonds is 5. The zero-order chi connectivity index (χ0) is 20.9. The Kier molecular flexibility index (Phi) is 5.29. The monoisotopic (exact) mass is 415 g/mol. The minimum Gasteiger partial charge on any atom is -0.387 e. The molecule has 1 N–H and O–H groups in total. The molecule has 4 fully saturated rings. The van der Waals surface area contributed by atoms with Gasteiger partial charge in [-0.15, -0.1) is 0 Å². The summed E-state index contributed by atoms with van der Waals surface area (Å²) in [6.45, 7) is 3.20. The smallest absolute Gasteiger partial charge is 0.159 e. The zero-order valence-corrected chi connectivity index (χ0v) is 18.5. The molecule has 30 heavy (non-hydrogen) atoms. The average Bonchev–Trinajstić information content (AvgIpc) is 3.34. The maximum Gasteiger partial charge on any atom is 0.159 e. The number of carbonyl (C=O) groups excluding carboxylic acids is 1. The molecule has 8 atom stereocenters. The van der Waals surface area contributed by atoms with Gasteiger partial charge in [0.25, 0.3) is 0 Å². The normalized spacial score (nSPS) is 45.4. The SMILES string of the molecule is COC[C@@]1(O)CC[C@@H]2C3CC[C@@]4(C)C(CC[C@@H]4C(=O)Cn4nccn4)C3CC[C@@H]2C1. The van der Waals surface area contributed by atoms with Crippen molar-refractivity contribution >= 4 is 5.78 Å². The Balaban J connectivity index is 1.29. The predicted molar refractivity (Wildman–Crippen MR) is 112 cm³/mol. The van der Waals surface area contributed by atoms with Crippen molar-refractivity contribution in [3.05, 3.63) is 12.4 Å². The van der Waals surface area contributed by atoms with Crippen molar-refractivity contribution in [3.63, 3.8) is 0 Å². The molecular weight excluding hydrogens is 378 g/mol. The Hall–Kier alpha value is -1.27. The number of aliphatic hydroxyl groups is 1. The summed E-state index contributed by atoms with van der Waals surface area (Å²) in [6, 6.07) is 0. The first kappa shape index (κ1) is 20.6. The summed E-state index contributed by atoms with van der Waals surface area (Å²) < 4.78 is 5.32.